The lowest BCUT2D eigenvalue weighted by Crippen LogP contribution is -2.41. The summed E-state index contributed by atoms with van der Waals surface area (Å²) in [6.07, 6.45) is 8.14. The van der Waals surface area contributed by atoms with Crippen molar-refractivity contribution in [3.05, 3.63) is 28.7 Å². The zero-order valence-corrected chi connectivity index (χ0v) is 13.3. The molecule has 0 spiro atoms. The van der Waals surface area contributed by atoms with Crippen LogP contribution >= 0.6 is 12.2 Å². The quantitative estimate of drug-likeness (QED) is 0.840. The first-order chi connectivity index (χ1) is 10.2. The van der Waals surface area contributed by atoms with Gasteiger partial charge in [-0.2, -0.15) is 0 Å². The average Bonchev–Trinajstić information content (AvgIpc) is 3.05. The van der Waals surface area contributed by atoms with Gasteiger partial charge in [0.2, 0.25) is 0 Å². The molecular weight excluding hydrogens is 282 g/mol. The van der Waals surface area contributed by atoms with Crippen molar-refractivity contribution in [2.75, 3.05) is 5.32 Å². The number of aryl methyl sites for hydroxylation is 1. The molecule has 1 aromatic heterocycles. The van der Waals surface area contributed by atoms with Crippen LogP contribution in [-0.2, 0) is 6.54 Å². The molecule has 21 heavy (non-hydrogen) atoms. The highest BCUT2D eigenvalue weighted by molar-refractivity contribution is 7.80. The van der Waals surface area contributed by atoms with Crippen LogP contribution in [0.1, 0.15) is 39.0 Å². The maximum Gasteiger partial charge on any atom is 0.250 e. The zero-order chi connectivity index (χ0) is 14.8. The fraction of sp³-hybridized carbons (Fsp3) is 0.625. The minimum atomic E-state index is 0.0365. The van der Waals surface area contributed by atoms with Crippen molar-refractivity contribution in [2.45, 2.75) is 51.6 Å². The standard InChI is InChI=1S/C16H23N3OS/c1-2-7-19-10-13(5-6-15(19)20)17-16(21)18-14-9-11-3-4-12(14)8-11/h5-6,10-12,14H,2-4,7-9H2,1H3,(H2,17,18,21)/t11-,12-,14-/m0/s1. The minimum absolute atomic E-state index is 0.0365. The summed E-state index contributed by atoms with van der Waals surface area (Å²) >= 11 is 5.42. The summed E-state index contributed by atoms with van der Waals surface area (Å²) in [6.45, 7) is 2.80. The number of rotatable bonds is 4. The predicted molar refractivity (Wildman–Crippen MR) is 89.6 cm³/mol. The maximum atomic E-state index is 11.7. The van der Waals surface area contributed by atoms with E-state index in [0.717, 1.165) is 30.5 Å². The van der Waals surface area contributed by atoms with Gasteiger partial charge in [-0.15, -0.1) is 0 Å². The number of aromatic nitrogens is 1. The third kappa shape index (κ3) is 3.28. The van der Waals surface area contributed by atoms with Gasteiger partial charge in [0.15, 0.2) is 5.11 Å². The summed E-state index contributed by atoms with van der Waals surface area (Å²) in [4.78, 5) is 11.7. The van der Waals surface area contributed by atoms with Gasteiger partial charge >= 0.3 is 0 Å². The molecule has 1 heterocycles. The molecule has 0 aromatic carbocycles. The largest absolute Gasteiger partial charge is 0.359 e. The van der Waals surface area contributed by atoms with Crippen LogP contribution in [0.15, 0.2) is 23.1 Å². The van der Waals surface area contributed by atoms with Gasteiger partial charge in [-0.05, 0) is 55.8 Å². The van der Waals surface area contributed by atoms with E-state index >= 15 is 0 Å². The van der Waals surface area contributed by atoms with Crippen molar-refractivity contribution >= 4 is 23.0 Å². The number of nitrogens with one attached hydrogen (secondary N) is 2. The normalized spacial score (nSPS) is 26.8. The van der Waals surface area contributed by atoms with Crippen molar-refractivity contribution in [1.29, 1.82) is 0 Å². The number of thiocarbonyl (C=S) groups is 1. The van der Waals surface area contributed by atoms with Gasteiger partial charge in [0.05, 0.1) is 5.69 Å². The molecule has 0 unspecified atom stereocenters. The molecule has 2 bridgehead atoms. The Bertz CT molecular complexity index is 583. The average molecular weight is 305 g/mol. The second-order valence-corrected chi connectivity index (χ2v) is 6.74. The van der Waals surface area contributed by atoms with E-state index in [4.69, 9.17) is 12.2 Å². The molecule has 0 saturated heterocycles. The molecule has 2 aliphatic rings. The summed E-state index contributed by atoms with van der Waals surface area (Å²) in [6, 6.07) is 3.92. The van der Waals surface area contributed by atoms with Crippen molar-refractivity contribution in [3.8, 4) is 0 Å². The van der Waals surface area contributed by atoms with E-state index in [0.29, 0.717) is 11.2 Å². The lowest BCUT2D eigenvalue weighted by atomic mass is 9.96. The summed E-state index contributed by atoms with van der Waals surface area (Å²) in [5.74, 6) is 1.70. The molecule has 0 amide bonds. The summed E-state index contributed by atoms with van der Waals surface area (Å²) in [5.41, 5.74) is 0.915. The SMILES string of the molecule is CCCn1cc(NC(=S)N[C@H]2C[C@H]3CC[C@H]2C3)ccc1=O. The molecule has 2 fully saturated rings. The summed E-state index contributed by atoms with van der Waals surface area (Å²) < 4.78 is 1.72. The summed E-state index contributed by atoms with van der Waals surface area (Å²) in [5, 5.41) is 7.35. The highest BCUT2D eigenvalue weighted by Crippen LogP contribution is 2.44. The molecule has 2 aliphatic carbocycles. The molecule has 4 nitrogen and oxygen atoms in total. The Hall–Kier alpha value is -1.36. The number of hydrogen-bond donors (Lipinski definition) is 2. The fourth-order valence-electron chi connectivity index (χ4n) is 3.78. The van der Waals surface area contributed by atoms with E-state index in [1.54, 1.807) is 16.7 Å². The highest BCUT2D eigenvalue weighted by atomic mass is 32.1. The van der Waals surface area contributed by atoms with Crippen LogP contribution in [0.4, 0.5) is 5.69 Å². The Labute approximate surface area is 130 Å². The molecular formula is C16H23N3OS. The van der Waals surface area contributed by atoms with Crippen LogP contribution in [0.3, 0.4) is 0 Å². The highest BCUT2D eigenvalue weighted by Gasteiger charge is 2.39. The monoisotopic (exact) mass is 305 g/mol. The van der Waals surface area contributed by atoms with Gasteiger partial charge in [0, 0.05) is 24.8 Å². The van der Waals surface area contributed by atoms with Crippen LogP contribution in [0.2, 0.25) is 0 Å². The Morgan fingerprint density at radius 2 is 2.24 bits per heavy atom. The molecule has 0 radical (unpaired) electrons. The first kappa shape index (κ1) is 14.6. The first-order valence-electron chi connectivity index (χ1n) is 7.93. The van der Waals surface area contributed by atoms with E-state index in [2.05, 4.69) is 17.6 Å². The minimum Gasteiger partial charge on any atom is -0.359 e. The van der Waals surface area contributed by atoms with Crippen LogP contribution in [0.25, 0.3) is 0 Å². The maximum absolute atomic E-state index is 11.7. The van der Waals surface area contributed by atoms with Crippen LogP contribution in [0.5, 0.6) is 0 Å². The van der Waals surface area contributed by atoms with Crippen molar-refractivity contribution in [2.24, 2.45) is 11.8 Å². The topological polar surface area (TPSA) is 46.1 Å². The molecule has 2 saturated carbocycles. The molecule has 5 heteroatoms. The molecule has 3 rings (SSSR count). The molecule has 1 aromatic rings. The van der Waals surface area contributed by atoms with E-state index in [-0.39, 0.29) is 5.56 Å². The Balaban J connectivity index is 1.59. The predicted octanol–water partition coefficient (Wildman–Crippen LogP) is 2.73. The second-order valence-electron chi connectivity index (χ2n) is 6.33. The number of fused-ring (bicyclic) bond motifs is 2. The third-order valence-corrected chi connectivity index (χ3v) is 4.98. The van der Waals surface area contributed by atoms with Crippen LogP contribution in [0, 0.1) is 11.8 Å². The van der Waals surface area contributed by atoms with E-state index in [1.807, 2.05) is 6.20 Å². The smallest absolute Gasteiger partial charge is 0.250 e. The summed E-state index contributed by atoms with van der Waals surface area (Å²) in [7, 11) is 0. The van der Waals surface area contributed by atoms with Crippen molar-refractivity contribution in [1.82, 2.24) is 9.88 Å². The Morgan fingerprint density at radius 1 is 1.38 bits per heavy atom. The fourth-order valence-corrected chi connectivity index (χ4v) is 4.05. The van der Waals surface area contributed by atoms with Crippen LogP contribution < -0.4 is 16.2 Å². The van der Waals surface area contributed by atoms with Crippen LogP contribution in [-0.4, -0.2) is 15.7 Å². The second kappa shape index (κ2) is 6.18. The number of pyridine rings is 1. The van der Waals surface area contributed by atoms with Crippen molar-refractivity contribution in [3.63, 3.8) is 0 Å². The van der Waals surface area contributed by atoms with Gasteiger partial charge in [0.1, 0.15) is 0 Å². The zero-order valence-electron chi connectivity index (χ0n) is 12.5. The molecule has 3 atom stereocenters. The van der Waals surface area contributed by atoms with Gasteiger partial charge in [-0.25, -0.2) is 0 Å². The molecule has 0 aliphatic heterocycles. The van der Waals surface area contributed by atoms with Gasteiger partial charge in [-0.3, -0.25) is 4.79 Å². The van der Waals surface area contributed by atoms with E-state index in [9.17, 15) is 4.79 Å². The lowest BCUT2D eigenvalue weighted by Gasteiger charge is -2.24. The molecule has 2 N–H and O–H groups in total. The Kier molecular flexibility index (Phi) is 4.29. The Morgan fingerprint density at radius 3 is 2.90 bits per heavy atom. The van der Waals surface area contributed by atoms with Gasteiger partial charge in [-0.1, -0.05) is 13.3 Å². The number of anilines is 1. The van der Waals surface area contributed by atoms with Gasteiger partial charge in [0.25, 0.3) is 5.56 Å². The van der Waals surface area contributed by atoms with E-state index < -0.39 is 0 Å². The van der Waals surface area contributed by atoms with Crippen molar-refractivity contribution < 1.29 is 0 Å². The molecule has 114 valence electrons. The third-order valence-electron chi connectivity index (χ3n) is 4.76. The van der Waals surface area contributed by atoms with E-state index in [1.165, 1.54) is 25.7 Å². The number of hydrogen-bond acceptors (Lipinski definition) is 2. The lowest BCUT2D eigenvalue weighted by molar-refractivity contribution is 0.392. The number of nitrogens with zero attached hydrogens (tertiary/aromatic N) is 1. The van der Waals surface area contributed by atoms with Gasteiger partial charge < -0.3 is 15.2 Å². The first-order valence-corrected chi connectivity index (χ1v) is 8.34.